The molecule has 0 fully saturated rings. The van der Waals surface area contributed by atoms with E-state index in [1.54, 1.807) is 6.20 Å². The molecule has 0 saturated carbocycles. The number of rotatable bonds is 2. The zero-order valence-electron chi connectivity index (χ0n) is 9.18. The van der Waals surface area contributed by atoms with E-state index in [-0.39, 0.29) is 0 Å². The zero-order valence-corrected chi connectivity index (χ0v) is 9.18. The summed E-state index contributed by atoms with van der Waals surface area (Å²) >= 11 is 0. The number of fused-ring (bicyclic) bond motifs is 3. The summed E-state index contributed by atoms with van der Waals surface area (Å²) in [4.78, 5) is 4.34. The highest BCUT2D eigenvalue weighted by atomic mass is 16.3. The van der Waals surface area contributed by atoms with Crippen LogP contribution in [0.3, 0.4) is 0 Å². The first-order chi connectivity index (χ1) is 7.88. The van der Waals surface area contributed by atoms with Crippen molar-refractivity contribution in [1.29, 1.82) is 0 Å². The maximum absolute atomic E-state index is 5.76. The van der Waals surface area contributed by atoms with Crippen molar-refractivity contribution in [3.05, 3.63) is 36.8 Å². The largest absolute Gasteiger partial charge is 0.448 e. The molecule has 0 aliphatic heterocycles. The highest BCUT2D eigenvalue weighted by molar-refractivity contribution is 6.01. The Balaban J connectivity index is 2.28. The third-order valence-electron chi connectivity index (χ3n) is 2.71. The van der Waals surface area contributed by atoms with Gasteiger partial charge in [-0.3, -0.25) is 4.98 Å². The summed E-state index contributed by atoms with van der Waals surface area (Å²) in [5.74, 6) is 0. The lowest BCUT2D eigenvalue weighted by molar-refractivity contribution is -0.695. The predicted octanol–water partition coefficient (Wildman–Crippen LogP) is 2.68. The molecule has 0 aromatic carbocycles. The lowest BCUT2D eigenvalue weighted by Gasteiger charge is -1.92. The monoisotopic (exact) mass is 213 g/mol. The molecular formula is C13H13N2O+. The second kappa shape index (κ2) is 3.59. The van der Waals surface area contributed by atoms with E-state index in [0.29, 0.717) is 0 Å². The number of hydrogen-bond donors (Lipinski definition) is 0. The molecule has 0 N–H and O–H groups in total. The molecule has 0 aliphatic carbocycles. The number of nitrogens with zero attached hydrogens (tertiary/aromatic N) is 2. The Bertz CT molecular complexity index is 643. The van der Waals surface area contributed by atoms with Crippen LogP contribution in [0.5, 0.6) is 0 Å². The highest BCUT2D eigenvalue weighted by Gasteiger charge is 2.10. The van der Waals surface area contributed by atoms with Gasteiger partial charge in [0.15, 0.2) is 11.8 Å². The Kier molecular flexibility index (Phi) is 2.10. The molecule has 3 nitrogen and oxygen atoms in total. The third-order valence-corrected chi connectivity index (χ3v) is 2.71. The van der Waals surface area contributed by atoms with E-state index in [0.717, 1.165) is 35.0 Å². The summed E-state index contributed by atoms with van der Waals surface area (Å²) in [6.07, 6.45) is 7.04. The molecule has 0 amide bonds. The molecule has 16 heavy (non-hydrogen) atoms. The van der Waals surface area contributed by atoms with Crippen molar-refractivity contribution in [3.63, 3.8) is 0 Å². The minimum atomic E-state index is 0.853. The van der Waals surface area contributed by atoms with Crippen LogP contribution in [0.2, 0.25) is 0 Å². The highest BCUT2D eigenvalue weighted by Crippen LogP contribution is 2.24. The number of pyridine rings is 2. The second-order valence-corrected chi connectivity index (χ2v) is 3.91. The quantitative estimate of drug-likeness (QED) is 0.612. The topological polar surface area (TPSA) is 29.9 Å². The van der Waals surface area contributed by atoms with E-state index < -0.39 is 0 Å². The van der Waals surface area contributed by atoms with Crippen molar-refractivity contribution in [3.8, 4) is 0 Å². The Morgan fingerprint density at radius 3 is 3.12 bits per heavy atom. The summed E-state index contributed by atoms with van der Waals surface area (Å²) in [5.41, 5.74) is 2.71. The Morgan fingerprint density at radius 2 is 2.25 bits per heavy atom. The molecule has 0 aliphatic rings. The van der Waals surface area contributed by atoms with E-state index in [4.69, 9.17) is 4.42 Å². The van der Waals surface area contributed by atoms with E-state index in [2.05, 4.69) is 28.7 Å². The average Bonchev–Trinajstić information content (AvgIpc) is 2.67. The van der Waals surface area contributed by atoms with Gasteiger partial charge >= 0.3 is 0 Å². The Labute approximate surface area is 93.3 Å². The van der Waals surface area contributed by atoms with Crippen molar-refractivity contribution < 1.29 is 8.98 Å². The molecule has 0 saturated heterocycles. The molecule has 3 heterocycles. The zero-order chi connectivity index (χ0) is 11.0. The van der Waals surface area contributed by atoms with Crippen molar-refractivity contribution in [1.82, 2.24) is 4.98 Å². The molecule has 80 valence electrons. The first-order valence-corrected chi connectivity index (χ1v) is 5.55. The molecule has 3 aromatic rings. The average molecular weight is 213 g/mol. The number of hydrogen-bond acceptors (Lipinski definition) is 2. The first kappa shape index (κ1) is 9.33. The molecule has 0 spiro atoms. The van der Waals surface area contributed by atoms with Crippen LogP contribution in [0.15, 0.2) is 41.2 Å². The van der Waals surface area contributed by atoms with Crippen LogP contribution >= 0.6 is 0 Å². The maximum atomic E-state index is 5.76. The van der Waals surface area contributed by atoms with Crippen molar-refractivity contribution in [2.75, 3.05) is 0 Å². The van der Waals surface area contributed by atoms with Crippen LogP contribution < -0.4 is 4.57 Å². The second-order valence-electron chi connectivity index (χ2n) is 3.91. The van der Waals surface area contributed by atoms with Crippen LogP contribution in [0.4, 0.5) is 0 Å². The van der Waals surface area contributed by atoms with Crippen molar-refractivity contribution in [2.45, 2.75) is 19.9 Å². The van der Waals surface area contributed by atoms with Gasteiger partial charge in [-0.1, -0.05) is 6.92 Å². The number of aromatic nitrogens is 2. The van der Waals surface area contributed by atoms with Gasteiger partial charge in [0.25, 0.3) is 0 Å². The van der Waals surface area contributed by atoms with Crippen molar-refractivity contribution >= 4 is 22.1 Å². The smallest absolute Gasteiger partial charge is 0.212 e. The van der Waals surface area contributed by atoms with Crippen LogP contribution in [0.25, 0.3) is 22.1 Å². The molecule has 0 radical (unpaired) electrons. The number of furan rings is 1. The normalized spacial score (nSPS) is 11.3. The summed E-state index contributed by atoms with van der Waals surface area (Å²) in [6.45, 7) is 3.18. The summed E-state index contributed by atoms with van der Waals surface area (Å²) in [6, 6.07) is 5.92. The van der Waals surface area contributed by atoms with Crippen molar-refractivity contribution in [2.24, 2.45) is 0 Å². The summed E-state index contributed by atoms with van der Waals surface area (Å²) < 4.78 is 7.90. The predicted molar refractivity (Wildman–Crippen MR) is 62.0 cm³/mol. The fraction of sp³-hybridized carbons (Fsp3) is 0.231. The third kappa shape index (κ3) is 1.36. The lowest BCUT2D eigenvalue weighted by atomic mass is 10.2. The van der Waals surface area contributed by atoms with Gasteiger partial charge in [0.2, 0.25) is 11.8 Å². The van der Waals surface area contributed by atoms with Gasteiger partial charge in [-0.15, -0.1) is 0 Å². The molecule has 3 aromatic heterocycles. The number of aryl methyl sites for hydroxylation is 1. The molecule has 0 atom stereocenters. The van der Waals surface area contributed by atoms with Gasteiger partial charge in [-0.2, -0.15) is 0 Å². The van der Waals surface area contributed by atoms with Gasteiger partial charge in [0, 0.05) is 18.7 Å². The maximum Gasteiger partial charge on any atom is 0.212 e. The Hall–Kier alpha value is -1.90. The molecular weight excluding hydrogens is 200 g/mol. The van der Waals surface area contributed by atoms with E-state index in [1.165, 1.54) is 0 Å². The van der Waals surface area contributed by atoms with Crippen LogP contribution in [0, 0.1) is 0 Å². The van der Waals surface area contributed by atoms with E-state index in [9.17, 15) is 0 Å². The van der Waals surface area contributed by atoms with Gasteiger partial charge in [-0.25, -0.2) is 4.57 Å². The fourth-order valence-corrected chi connectivity index (χ4v) is 1.98. The summed E-state index contributed by atoms with van der Waals surface area (Å²) in [5, 5.41) is 1.09. The molecule has 3 heteroatoms. The minimum absolute atomic E-state index is 0.853. The van der Waals surface area contributed by atoms with Gasteiger partial charge in [0.1, 0.15) is 12.1 Å². The van der Waals surface area contributed by atoms with E-state index >= 15 is 0 Å². The first-order valence-electron chi connectivity index (χ1n) is 5.55. The standard InChI is InChI=1S/C13H13N2O/c1-2-7-15-8-5-10-12(9-15)16-11-4-3-6-14-13(10)11/h3-6,8-9H,2,7H2,1H3/q+1. The molecule has 3 rings (SSSR count). The SMILES string of the molecule is CCC[n+]1ccc2c(c1)oc1cccnc12. The molecule has 0 unspecified atom stereocenters. The summed E-state index contributed by atoms with van der Waals surface area (Å²) in [7, 11) is 0. The van der Waals surface area contributed by atoms with Gasteiger partial charge < -0.3 is 4.42 Å². The van der Waals surface area contributed by atoms with Gasteiger partial charge in [0.05, 0.1) is 5.39 Å². The van der Waals surface area contributed by atoms with Gasteiger partial charge in [-0.05, 0) is 12.1 Å². The minimum Gasteiger partial charge on any atom is -0.448 e. The van der Waals surface area contributed by atoms with E-state index in [1.807, 2.05) is 18.3 Å². The van der Waals surface area contributed by atoms with Crippen LogP contribution in [0.1, 0.15) is 13.3 Å². The fourth-order valence-electron chi connectivity index (χ4n) is 1.98. The molecule has 0 bridgehead atoms. The van der Waals surface area contributed by atoms with Crippen LogP contribution in [-0.4, -0.2) is 4.98 Å². The Morgan fingerprint density at radius 1 is 1.31 bits per heavy atom. The van der Waals surface area contributed by atoms with Crippen LogP contribution in [-0.2, 0) is 6.54 Å². The lowest BCUT2D eigenvalue weighted by Crippen LogP contribution is -2.31.